The average molecular weight is 397 g/mol. The van der Waals surface area contributed by atoms with Crippen LogP contribution in [-0.4, -0.2) is 26.3 Å². The van der Waals surface area contributed by atoms with Gasteiger partial charge < -0.3 is 5.32 Å². The zero-order valence-electron chi connectivity index (χ0n) is 17.8. The highest BCUT2D eigenvalue weighted by atomic mass is 16.2. The molecule has 156 valence electrons. The number of aromatic nitrogens is 3. The second-order valence-electron chi connectivity index (χ2n) is 9.20. The van der Waals surface area contributed by atoms with Crippen LogP contribution in [0, 0.1) is 12.8 Å². The minimum absolute atomic E-state index is 0.00838. The van der Waals surface area contributed by atoms with Gasteiger partial charge in [0.1, 0.15) is 5.82 Å². The van der Waals surface area contributed by atoms with Crippen LogP contribution in [0.1, 0.15) is 62.9 Å². The molecule has 1 unspecified atom stereocenters. The number of carbonyl (C=O) groups excluding carboxylic acids is 1. The summed E-state index contributed by atoms with van der Waals surface area (Å²) in [4.78, 5) is 25.7. The van der Waals surface area contributed by atoms with Gasteiger partial charge in [0.05, 0.1) is 5.41 Å². The maximum Gasteiger partial charge on any atom is 0.345 e. The summed E-state index contributed by atoms with van der Waals surface area (Å²) in [6.45, 7) is 7.67. The van der Waals surface area contributed by atoms with Crippen LogP contribution >= 0.6 is 0 Å². The van der Waals surface area contributed by atoms with Crippen molar-refractivity contribution >= 4 is 5.91 Å². The van der Waals surface area contributed by atoms with Gasteiger partial charge in [-0.1, -0.05) is 43.7 Å². The van der Waals surface area contributed by atoms with Crippen LogP contribution in [0.3, 0.4) is 0 Å². The molecule has 2 aromatic rings. The van der Waals surface area contributed by atoms with Crippen molar-refractivity contribution in [2.45, 2.75) is 83.8 Å². The Morgan fingerprint density at radius 3 is 2.62 bits per heavy atom. The molecule has 0 bridgehead atoms. The lowest BCUT2D eigenvalue weighted by Crippen LogP contribution is -2.42. The fourth-order valence-corrected chi connectivity index (χ4v) is 4.27. The molecule has 1 fully saturated rings. The summed E-state index contributed by atoms with van der Waals surface area (Å²) in [6.07, 6.45) is 5.12. The number of nitrogens with zero attached hydrogens (tertiary/aromatic N) is 3. The summed E-state index contributed by atoms with van der Waals surface area (Å²) in [5.41, 5.74) is 1.97. The molecular weight excluding hydrogens is 364 g/mol. The van der Waals surface area contributed by atoms with Gasteiger partial charge in [-0.3, -0.25) is 9.36 Å². The van der Waals surface area contributed by atoms with Crippen LogP contribution in [0.5, 0.6) is 0 Å². The smallest absolute Gasteiger partial charge is 0.345 e. The van der Waals surface area contributed by atoms with Gasteiger partial charge >= 0.3 is 5.69 Å². The van der Waals surface area contributed by atoms with E-state index >= 15 is 0 Å². The summed E-state index contributed by atoms with van der Waals surface area (Å²) >= 11 is 0. The Morgan fingerprint density at radius 1 is 1.24 bits per heavy atom. The molecule has 0 spiro atoms. The van der Waals surface area contributed by atoms with Crippen LogP contribution in [0.15, 0.2) is 29.1 Å². The van der Waals surface area contributed by atoms with E-state index in [2.05, 4.69) is 55.5 Å². The molecule has 4 rings (SSSR count). The number of hydrogen-bond donors (Lipinski definition) is 1. The van der Waals surface area contributed by atoms with Gasteiger partial charge in [0, 0.05) is 25.6 Å². The van der Waals surface area contributed by atoms with E-state index < -0.39 is 0 Å². The monoisotopic (exact) mass is 396 g/mol. The third-order valence-electron chi connectivity index (χ3n) is 6.46. The topological polar surface area (TPSA) is 68.9 Å². The normalized spacial score (nSPS) is 20.2. The first-order valence-corrected chi connectivity index (χ1v) is 10.9. The molecule has 1 aromatic carbocycles. The van der Waals surface area contributed by atoms with Crippen molar-refractivity contribution in [1.82, 2.24) is 19.7 Å². The lowest BCUT2D eigenvalue weighted by molar-refractivity contribution is -0.124. The van der Waals surface area contributed by atoms with E-state index in [4.69, 9.17) is 0 Å². The molecule has 1 amide bonds. The summed E-state index contributed by atoms with van der Waals surface area (Å²) < 4.78 is 3.42. The van der Waals surface area contributed by atoms with Crippen molar-refractivity contribution < 1.29 is 4.79 Å². The van der Waals surface area contributed by atoms with Crippen LogP contribution < -0.4 is 11.0 Å². The fraction of sp³-hybridized carbons (Fsp3) is 0.609. The van der Waals surface area contributed by atoms with Gasteiger partial charge in [-0.15, -0.1) is 0 Å². The van der Waals surface area contributed by atoms with Crippen LogP contribution in [0.4, 0.5) is 0 Å². The zero-order valence-corrected chi connectivity index (χ0v) is 17.8. The number of benzene rings is 1. The van der Waals surface area contributed by atoms with Gasteiger partial charge in [0.15, 0.2) is 0 Å². The predicted molar refractivity (Wildman–Crippen MR) is 113 cm³/mol. The summed E-state index contributed by atoms with van der Waals surface area (Å²) in [6, 6.07) is 8.43. The fourth-order valence-electron chi connectivity index (χ4n) is 4.27. The highest BCUT2D eigenvalue weighted by Gasteiger charge is 2.51. The maximum absolute atomic E-state index is 13.1. The molecule has 1 aromatic heterocycles. The van der Waals surface area contributed by atoms with Gasteiger partial charge in [-0.2, -0.15) is 5.10 Å². The molecule has 1 aliphatic carbocycles. The molecule has 29 heavy (non-hydrogen) atoms. The van der Waals surface area contributed by atoms with Crippen LogP contribution in [-0.2, 0) is 29.7 Å². The lowest BCUT2D eigenvalue weighted by Gasteiger charge is -2.21. The highest BCUT2D eigenvalue weighted by Crippen LogP contribution is 2.48. The Labute approximate surface area is 172 Å². The summed E-state index contributed by atoms with van der Waals surface area (Å²) in [5.74, 6) is 1.54. The van der Waals surface area contributed by atoms with Crippen LogP contribution in [0.25, 0.3) is 0 Å². The first kappa shape index (κ1) is 19.9. The molecule has 2 aliphatic rings. The second-order valence-corrected chi connectivity index (χ2v) is 9.20. The number of aryl methyl sites for hydroxylation is 3. The molecule has 1 saturated carbocycles. The number of hydrogen-bond acceptors (Lipinski definition) is 3. The van der Waals surface area contributed by atoms with Crippen molar-refractivity contribution in [1.29, 1.82) is 0 Å². The van der Waals surface area contributed by atoms with Gasteiger partial charge in [0.2, 0.25) is 5.91 Å². The number of fused-ring (bicyclic) bond motifs is 1. The minimum atomic E-state index is -0.350. The Morgan fingerprint density at radius 2 is 1.97 bits per heavy atom. The Hall–Kier alpha value is -2.37. The standard InChI is InChI=1S/C23H32N4O2/c1-16(2)10-15-27-22(29)26-14-11-19(8-9-20(26)25-27)24-21(28)23(12-13-23)18-6-4-17(3)5-7-18/h4-7,16,19H,8-15H2,1-3H3,(H,24,28). The summed E-state index contributed by atoms with van der Waals surface area (Å²) in [7, 11) is 0. The number of nitrogens with one attached hydrogen (secondary N) is 1. The van der Waals surface area contributed by atoms with Gasteiger partial charge in [0.25, 0.3) is 0 Å². The van der Waals surface area contributed by atoms with Crippen molar-refractivity contribution in [3.63, 3.8) is 0 Å². The average Bonchev–Trinajstić information content (AvgIpc) is 3.46. The van der Waals surface area contributed by atoms with Crippen molar-refractivity contribution in [3.8, 4) is 0 Å². The third kappa shape index (κ3) is 4.02. The maximum atomic E-state index is 13.1. The molecule has 1 N–H and O–H groups in total. The number of carbonyl (C=O) groups is 1. The minimum Gasteiger partial charge on any atom is -0.353 e. The van der Waals surface area contributed by atoms with E-state index in [-0.39, 0.29) is 23.1 Å². The first-order chi connectivity index (χ1) is 13.9. The zero-order chi connectivity index (χ0) is 20.6. The molecular formula is C23H32N4O2. The Bertz CT molecular complexity index is 935. The predicted octanol–water partition coefficient (Wildman–Crippen LogP) is 2.95. The molecule has 6 nitrogen and oxygen atoms in total. The lowest BCUT2D eigenvalue weighted by atomic mass is 9.93. The van der Waals surface area contributed by atoms with E-state index in [0.29, 0.717) is 19.0 Å². The molecule has 0 saturated heterocycles. The third-order valence-corrected chi connectivity index (χ3v) is 6.46. The van der Waals surface area contributed by atoms with Gasteiger partial charge in [-0.25, -0.2) is 9.48 Å². The second kappa shape index (κ2) is 7.81. The quantitative estimate of drug-likeness (QED) is 0.816. The molecule has 6 heteroatoms. The first-order valence-electron chi connectivity index (χ1n) is 10.9. The van der Waals surface area contributed by atoms with E-state index in [1.165, 1.54) is 5.56 Å². The van der Waals surface area contributed by atoms with E-state index in [1.54, 1.807) is 9.25 Å². The van der Waals surface area contributed by atoms with E-state index in [1.807, 2.05) is 0 Å². The Kier molecular flexibility index (Phi) is 5.36. The van der Waals surface area contributed by atoms with Crippen molar-refractivity contribution in [2.24, 2.45) is 5.92 Å². The molecule has 0 radical (unpaired) electrons. The van der Waals surface area contributed by atoms with E-state index in [9.17, 15) is 9.59 Å². The molecule has 1 atom stereocenters. The van der Waals surface area contributed by atoms with E-state index in [0.717, 1.165) is 49.9 Å². The molecule has 1 aliphatic heterocycles. The van der Waals surface area contributed by atoms with Crippen LogP contribution in [0.2, 0.25) is 0 Å². The van der Waals surface area contributed by atoms with Gasteiger partial charge in [-0.05, 0) is 50.5 Å². The SMILES string of the molecule is Cc1ccc(C2(C(=O)NC3CCc4nn(CCC(C)C)c(=O)n4CC3)CC2)cc1. The van der Waals surface area contributed by atoms with Crippen molar-refractivity contribution in [3.05, 3.63) is 51.7 Å². The van der Waals surface area contributed by atoms with Crippen molar-refractivity contribution in [2.75, 3.05) is 0 Å². The molecule has 2 heterocycles. The largest absolute Gasteiger partial charge is 0.353 e. The Balaban J connectivity index is 1.40. The summed E-state index contributed by atoms with van der Waals surface area (Å²) in [5, 5.41) is 7.85. The number of rotatable bonds is 6. The number of amides is 1. The highest BCUT2D eigenvalue weighted by molar-refractivity contribution is 5.91.